The number of fused-ring (bicyclic) bond motifs is 1. The maximum atomic E-state index is 12.6. The molecule has 21 heavy (non-hydrogen) atoms. The fraction of sp³-hybridized carbons (Fsp3) is 0.125. The van der Waals surface area contributed by atoms with Crippen LogP contribution in [0.15, 0.2) is 40.9 Å². The number of ketones is 1. The molecule has 0 spiro atoms. The second kappa shape index (κ2) is 5.33. The fourth-order valence-corrected chi connectivity index (χ4v) is 2.85. The Labute approximate surface area is 130 Å². The quantitative estimate of drug-likeness (QED) is 0.649. The van der Waals surface area contributed by atoms with Crippen molar-refractivity contribution in [3.63, 3.8) is 0 Å². The third-order valence-electron chi connectivity index (χ3n) is 3.53. The summed E-state index contributed by atoms with van der Waals surface area (Å²) in [6, 6.07) is 10.4. The summed E-state index contributed by atoms with van der Waals surface area (Å²) in [5, 5.41) is 2.79. The van der Waals surface area contributed by atoms with Crippen LogP contribution in [0.2, 0.25) is 0 Å². The third kappa shape index (κ3) is 2.56. The van der Waals surface area contributed by atoms with Crippen LogP contribution in [0.25, 0.3) is 0 Å². The van der Waals surface area contributed by atoms with E-state index in [0.717, 1.165) is 12.0 Å². The molecule has 0 saturated carbocycles. The molecule has 0 unspecified atom stereocenters. The largest absolute Gasteiger partial charge is 0.399 e. The van der Waals surface area contributed by atoms with Crippen molar-refractivity contribution in [3.05, 3.63) is 63.1 Å². The van der Waals surface area contributed by atoms with E-state index in [1.54, 1.807) is 30.3 Å². The van der Waals surface area contributed by atoms with Gasteiger partial charge in [0.25, 0.3) is 5.91 Å². The van der Waals surface area contributed by atoms with Crippen molar-refractivity contribution in [2.75, 3.05) is 12.3 Å². The van der Waals surface area contributed by atoms with Crippen molar-refractivity contribution in [3.8, 4) is 0 Å². The summed E-state index contributed by atoms with van der Waals surface area (Å²) in [6.45, 7) is 0.639. The van der Waals surface area contributed by atoms with Crippen LogP contribution < -0.4 is 11.1 Å². The lowest BCUT2D eigenvalue weighted by Crippen LogP contribution is -2.32. The van der Waals surface area contributed by atoms with Gasteiger partial charge in [0.05, 0.1) is 0 Å². The van der Waals surface area contributed by atoms with Crippen molar-refractivity contribution >= 4 is 33.3 Å². The Hall–Kier alpha value is -2.14. The van der Waals surface area contributed by atoms with E-state index in [1.165, 1.54) is 0 Å². The number of carbonyl (C=O) groups is 2. The smallest absolute Gasteiger partial charge is 0.251 e. The molecule has 0 aromatic heterocycles. The summed E-state index contributed by atoms with van der Waals surface area (Å²) in [5.74, 6) is -0.284. The number of hydrogen-bond donors (Lipinski definition) is 2. The number of nitrogens with one attached hydrogen (secondary N) is 1. The Kier molecular flexibility index (Phi) is 3.51. The standard InChI is InChI=1S/C16H13BrN2O2/c17-14-4-3-11(18)8-13(14)15(20)10-2-1-9-5-6-19-16(21)12(9)7-10/h1-4,7-8H,5-6,18H2,(H,19,21). The second-order valence-corrected chi connectivity index (χ2v) is 5.80. The average molecular weight is 345 g/mol. The minimum Gasteiger partial charge on any atom is -0.399 e. The van der Waals surface area contributed by atoms with E-state index in [2.05, 4.69) is 21.2 Å². The molecular formula is C16H13BrN2O2. The minimum atomic E-state index is -0.157. The van der Waals surface area contributed by atoms with Crippen LogP contribution in [0.1, 0.15) is 31.8 Å². The summed E-state index contributed by atoms with van der Waals surface area (Å²) in [6.07, 6.45) is 0.789. The first-order valence-corrected chi connectivity index (χ1v) is 7.36. The number of nitrogen functional groups attached to an aromatic ring is 1. The third-order valence-corrected chi connectivity index (χ3v) is 4.22. The Bertz CT molecular complexity index is 756. The van der Waals surface area contributed by atoms with E-state index in [-0.39, 0.29) is 11.7 Å². The molecule has 0 aliphatic carbocycles. The normalized spacial score (nSPS) is 13.5. The van der Waals surface area contributed by atoms with E-state index in [1.807, 2.05) is 6.07 Å². The topological polar surface area (TPSA) is 72.2 Å². The van der Waals surface area contributed by atoms with Crippen molar-refractivity contribution in [2.45, 2.75) is 6.42 Å². The molecular weight excluding hydrogens is 332 g/mol. The van der Waals surface area contributed by atoms with Gasteiger partial charge in [0.15, 0.2) is 5.78 Å². The zero-order valence-corrected chi connectivity index (χ0v) is 12.7. The molecule has 0 fully saturated rings. The molecule has 1 aliphatic rings. The molecule has 3 N–H and O–H groups in total. The lowest BCUT2D eigenvalue weighted by Gasteiger charge is -2.17. The summed E-state index contributed by atoms with van der Waals surface area (Å²) < 4.78 is 0.684. The number of halogens is 1. The molecule has 0 radical (unpaired) electrons. The highest BCUT2D eigenvalue weighted by Gasteiger charge is 2.20. The predicted octanol–water partition coefficient (Wildman–Crippen LogP) is 2.55. The molecule has 4 nitrogen and oxygen atoms in total. The van der Waals surface area contributed by atoms with Gasteiger partial charge >= 0.3 is 0 Å². The molecule has 106 valence electrons. The van der Waals surface area contributed by atoms with Gasteiger partial charge in [-0.05, 0) is 36.2 Å². The number of nitrogens with two attached hydrogens (primary N) is 1. The van der Waals surface area contributed by atoms with Crippen LogP contribution in [-0.2, 0) is 6.42 Å². The van der Waals surface area contributed by atoms with Crippen LogP contribution in [0.5, 0.6) is 0 Å². The van der Waals surface area contributed by atoms with Gasteiger partial charge in [-0.2, -0.15) is 0 Å². The molecule has 0 saturated heterocycles. The summed E-state index contributed by atoms with van der Waals surface area (Å²) in [7, 11) is 0. The molecule has 2 aromatic rings. The van der Waals surface area contributed by atoms with Gasteiger partial charge in [0.2, 0.25) is 0 Å². The predicted molar refractivity (Wildman–Crippen MR) is 84.5 cm³/mol. The van der Waals surface area contributed by atoms with Crippen LogP contribution in [0.4, 0.5) is 5.69 Å². The van der Waals surface area contributed by atoms with Crippen molar-refractivity contribution in [1.29, 1.82) is 0 Å². The first-order chi connectivity index (χ1) is 10.1. The van der Waals surface area contributed by atoms with Crippen LogP contribution >= 0.6 is 15.9 Å². The van der Waals surface area contributed by atoms with Gasteiger partial charge in [-0.3, -0.25) is 9.59 Å². The average Bonchev–Trinajstić information content (AvgIpc) is 2.49. The highest BCUT2D eigenvalue weighted by atomic mass is 79.9. The van der Waals surface area contributed by atoms with Crippen molar-refractivity contribution in [1.82, 2.24) is 5.32 Å². The number of benzene rings is 2. The van der Waals surface area contributed by atoms with Crippen LogP contribution in [0, 0.1) is 0 Å². The molecule has 5 heteroatoms. The Morgan fingerprint density at radius 1 is 1.19 bits per heavy atom. The maximum Gasteiger partial charge on any atom is 0.251 e. The first kappa shape index (κ1) is 13.8. The molecule has 3 rings (SSSR count). The van der Waals surface area contributed by atoms with Gasteiger partial charge in [0, 0.05) is 33.4 Å². The molecule has 0 atom stereocenters. The van der Waals surface area contributed by atoms with Gasteiger partial charge in [-0.15, -0.1) is 0 Å². The second-order valence-electron chi connectivity index (χ2n) is 4.95. The summed E-state index contributed by atoms with van der Waals surface area (Å²) >= 11 is 3.36. The Balaban J connectivity index is 2.04. The van der Waals surface area contributed by atoms with Gasteiger partial charge in [0.1, 0.15) is 0 Å². The highest BCUT2D eigenvalue weighted by molar-refractivity contribution is 9.10. The number of anilines is 1. The van der Waals surface area contributed by atoms with E-state index in [0.29, 0.717) is 33.4 Å². The zero-order valence-electron chi connectivity index (χ0n) is 11.2. The summed E-state index contributed by atoms with van der Waals surface area (Å²) in [4.78, 5) is 24.5. The Morgan fingerprint density at radius 2 is 2.00 bits per heavy atom. The number of amides is 1. The molecule has 1 heterocycles. The monoisotopic (exact) mass is 344 g/mol. The van der Waals surface area contributed by atoms with Gasteiger partial charge < -0.3 is 11.1 Å². The molecule has 1 aliphatic heterocycles. The van der Waals surface area contributed by atoms with Crippen LogP contribution in [0.3, 0.4) is 0 Å². The minimum absolute atomic E-state index is 0.127. The highest BCUT2D eigenvalue weighted by Crippen LogP contribution is 2.24. The molecule has 0 bridgehead atoms. The number of rotatable bonds is 2. The van der Waals surface area contributed by atoms with E-state index in [4.69, 9.17) is 5.73 Å². The van der Waals surface area contributed by atoms with Gasteiger partial charge in [-0.25, -0.2) is 0 Å². The first-order valence-electron chi connectivity index (χ1n) is 6.57. The van der Waals surface area contributed by atoms with Crippen molar-refractivity contribution < 1.29 is 9.59 Å². The number of carbonyl (C=O) groups excluding carboxylic acids is 2. The fourth-order valence-electron chi connectivity index (χ4n) is 2.43. The molecule has 1 amide bonds. The van der Waals surface area contributed by atoms with E-state index >= 15 is 0 Å². The number of hydrogen-bond acceptors (Lipinski definition) is 3. The summed E-state index contributed by atoms with van der Waals surface area (Å²) in [5.41, 5.74) is 8.79. The van der Waals surface area contributed by atoms with E-state index < -0.39 is 0 Å². The SMILES string of the molecule is Nc1ccc(Br)c(C(=O)c2ccc3c(c2)C(=O)NCC3)c1. The van der Waals surface area contributed by atoms with E-state index in [9.17, 15) is 9.59 Å². The lowest BCUT2D eigenvalue weighted by atomic mass is 9.94. The van der Waals surface area contributed by atoms with Gasteiger partial charge in [-0.1, -0.05) is 28.1 Å². The zero-order chi connectivity index (χ0) is 15.0. The van der Waals surface area contributed by atoms with Crippen LogP contribution in [-0.4, -0.2) is 18.2 Å². The van der Waals surface area contributed by atoms with Crippen molar-refractivity contribution in [2.24, 2.45) is 0 Å². The Morgan fingerprint density at radius 3 is 2.81 bits per heavy atom. The lowest BCUT2D eigenvalue weighted by molar-refractivity contribution is 0.0946. The maximum absolute atomic E-state index is 12.6. The molecule has 2 aromatic carbocycles.